The lowest BCUT2D eigenvalue weighted by atomic mass is 9.99. The molecule has 0 spiro atoms. The quantitative estimate of drug-likeness (QED) is 0.460. The van der Waals surface area contributed by atoms with Crippen molar-refractivity contribution in [1.82, 2.24) is 24.5 Å². The Labute approximate surface area is 194 Å². The van der Waals surface area contributed by atoms with E-state index in [-0.39, 0.29) is 0 Å². The molecule has 7 nitrogen and oxygen atoms in total. The minimum Gasteiger partial charge on any atom is -0.371 e. The molecule has 7 heteroatoms. The van der Waals surface area contributed by atoms with Gasteiger partial charge in [0.1, 0.15) is 0 Å². The number of anilines is 3. The van der Waals surface area contributed by atoms with E-state index in [2.05, 4.69) is 71.1 Å². The van der Waals surface area contributed by atoms with Gasteiger partial charge < -0.3 is 15.1 Å². The molecule has 0 atom stereocenters. The highest BCUT2D eigenvalue weighted by Gasteiger charge is 2.25. The van der Waals surface area contributed by atoms with E-state index >= 15 is 0 Å². The standard InChI is InChI=1S/C26H31N7/c1-2-13-31(14-3-1)23-10-15-32(16-11-23)22-6-4-21(5-7-22)30-24-8-9-25(20-18-28-29-19-20)33-17-12-27-26(24)33/h4-9,12,17-19,23,30H,1-3,10-11,13-16H2,(H,28,29). The molecule has 3 aromatic heterocycles. The summed E-state index contributed by atoms with van der Waals surface area (Å²) in [6, 6.07) is 13.8. The molecule has 2 saturated heterocycles. The number of fused-ring (bicyclic) bond motifs is 1. The lowest BCUT2D eigenvalue weighted by Crippen LogP contribution is -2.46. The molecule has 170 valence electrons. The molecule has 5 heterocycles. The van der Waals surface area contributed by atoms with Crippen molar-refractivity contribution in [2.24, 2.45) is 0 Å². The highest BCUT2D eigenvalue weighted by atomic mass is 15.2. The number of likely N-dealkylation sites (tertiary alicyclic amines) is 1. The third-order valence-electron chi connectivity index (χ3n) is 7.23. The van der Waals surface area contributed by atoms with E-state index in [0.29, 0.717) is 0 Å². The van der Waals surface area contributed by atoms with Gasteiger partial charge in [0.15, 0.2) is 5.65 Å². The topological polar surface area (TPSA) is 64.5 Å². The zero-order valence-corrected chi connectivity index (χ0v) is 19.0. The summed E-state index contributed by atoms with van der Waals surface area (Å²) in [4.78, 5) is 9.86. The molecular weight excluding hydrogens is 410 g/mol. The van der Waals surface area contributed by atoms with E-state index in [1.54, 1.807) is 0 Å². The Morgan fingerprint density at radius 1 is 0.909 bits per heavy atom. The summed E-state index contributed by atoms with van der Waals surface area (Å²) in [6.45, 7) is 4.91. The van der Waals surface area contributed by atoms with Crippen LogP contribution in [-0.2, 0) is 0 Å². The van der Waals surface area contributed by atoms with E-state index in [0.717, 1.165) is 47.4 Å². The molecule has 4 aromatic rings. The number of hydrogen-bond acceptors (Lipinski definition) is 5. The summed E-state index contributed by atoms with van der Waals surface area (Å²) < 4.78 is 2.09. The molecule has 0 amide bonds. The van der Waals surface area contributed by atoms with Gasteiger partial charge >= 0.3 is 0 Å². The minimum absolute atomic E-state index is 0.782. The van der Waals surface area contributed by atoms with Gasteiger partial charge in [0.25, 0.3) is 0 Å². The van der Waals surface area contributed by atoms with Crippen molar-refractivity contribution >= 4 is 22.7 Å². The number of benzene rings is 1. The summed E-state index contributed by atoms with van der Waals surface area (Å²) in [7, 11) is 0. The van der Waals surface area contributed by atoms with Crippen LogP contribution in [0, 0.1) is 0 Å². The second-order valence-corrected chi connectivity index (χ2v) is 9.23. The largest absolute Gasteiger partial charge is 0.371 e. The second kappa shape index (κ2) is 8.90. The number of aromatic nitrogens is 4. The fourth-order valence-electron chi connectivity index (χ4n) is 5.42. The van der Waals surface area contributed by atoms with Crippen LogP contribution in [0.15, 0.2) is 61.2 Å². The fourth-order valence-corrected chi connectivity index (χ4v) is 5.42. The van der Waals surface area contributed by atoms with Gasteiger partial charge in [0.05, 0.1) is 17.6 Å². The predicted octanol–water partition coefficient (Wildman–Crippen LogP) is 4.92. The fraction of sp³-hybridized carbons (Fsp3) is 0.385. The van der Waals surface area contributed by atoms with Crippen molar-refractivity contribution in [1.29, 1.82) is 0 Å². The molecule has 2 fully saturated rings. The summed E-state index contributed by atoms with van der Waals surface area (Å²) in [5.74, 6) is 0. The van der Waals surface area contributed by atoms with Gasteiger partial charge in [0.2, 0.25) is 0 Å². The van der Waals surface area contributed by atoms with Crippen LogP contribution in [-0.4, -0.2) is 56.7 Å². The number of nitrogens with zero attached hydrogens (tertiary/aromatic N) is 5. The van der Waals surface area contributed by atoms with Gasteiger partial charge in [-0.3, -0.25) is 9.50 Å². The summed E-state index contributed by atoms with van der Waals surface area (Å²) in [5.41, 5.74) is 6.38. The first-order valence-corrected chi connectivity index (χ1v) is 12.2. The monoisotopic (exact) mass is 441 g/mol. The van der Waals surface area contributed by atoms with Gasteiger partial charge in [-0.2, -0.15) is 5.10 Å². The van der Waals surface area contributed by atoms with Crippen molar-refractivity contribution in [3.05, 3.63) is 61.2 Å². The summed E-state index contributed by atoms with van der Waals surface area (Å²) >= 11 is 0. The third-order valence-corrected chi connectivity index (χ3v) is 7.23. The highest BCUT2D eigenvalue weighted by Crippen LogP contribution is 2.29. The van der Waals surface area contributed by atoms with Gasteiger partial charge in [-0.15, -0.1) is 0 Å². The maximum Gasteiger partial charge on any atom is 0.161 e. The lowest BCUT2D eigenvalue weighted by molar-refractivity contribution is 0.141. The molecule has 33 heavy (non-hydrogen) atoms. The smallest absolute Gasteiger partial charge is 0.161 e. The molecule has 0 unspecified atom stereocenters. The first-order chi connectivity index (χ1) is 16.3. The first-order valence-electron chi connectivity index (χ1n) is 12.2. The molecular formula is C26H31N7. The van der Waals surface area contributed by atoms with Crippen molar-refractivity contribution in [3.8, 4) is 11.3 Å². The van der Waals surface area contributed by atoms with Crippen LogP contribution in [0.4, 0.5) is 17.1 Å². The van der Waals surface area contributed by atoms with Crippen LogP contribution in [0.25, 0.3) is 16.9 Å². The maximum absolute atomic E-state index is 4.58. The molecule has 0 aliphatic carbocycles. The van der Waals surface area contributed by atoms with E-state index in [1.807, 2.05) is 24.8 Å². The Kier molecular flexibility index (Phi) is 5.48. The van der Waals surface area contributed by atoms with E-state index < -0.39 is 0 Å². The molecule has 0 bridgehead atoms. The van der Waals surface area contributed by atoms with Gasteiger partial charge in [-0.25, -0.2) is 4.98 Å². The number of piperidine rings is 2. The average Bonchev–Trinajstić information content (AvgIpc) is 3.59. The Morgan fingerprint density at radius 2 is 1.73 bits per heavy atom. The van der Waals surface area contributed by atoms with Crippen LogP contribution in [0.2, 0.25) is 0 Å². The Morgan fingerprint density at radius 3 is 2.48 bits per heavy atom. The maximum atomic E-state index is 4.58. The Hall–Kier alpha value is -3.32. The molecule has 2 aliphatic heterocycles. The molecule has 2 N–H and O–H groups in total. The Balaban J connectivity index is 1.13. The Bertz CT molecular complexity index is 1180. The van der Waals surface area contributed by atoms with Crippen LogP contribution in [0.1, 0.15) is 32.1 Å². The zero-order valence-electron chi connectivity index (χ0n) is 19.0. The van der Waals surface area contributed by atoms with Crippen LogP contribution in [0.5, 0.6) is 0 Å². The number of pyridine rings is 1. The first kappa shape index (κ1) is 20.3. The van der Waals surface area contributed by atoms with E-state index in [4.69, 9.17) is 0 Å². The second-order valence-electron chi connectivity index (χ2n) is 9.23. The van der Waals surface area contributed by atoms with Crippen molar-refractivity contribution < 1.29 is 0 Å². The summed E-state index contributed by atoms with van der Waals surface area (Å²) in [5, 5.41) is 10.5. The normalized spacial score (nSPS) is 18.1. The third kappa shape index (κ3) is 4.09. The SMILES string of the molecule is c1cn2c(-c3cn[nH]c3)ccc(Nc3ccc(N4CCC(N5CCCCC5)CC4)cc3)c2n1. The van der Waals surface area contributed by atoms with Gasteiger partial charge in [-0.05, 0) is 75.2 Å². The lowest BCUT2D eigenvalue weighted by Gasteiger charge is -2.41. The van der Waals surface area contributed by atoms with Crippen molar-refractivity contribution in [2.75, 3.05) is 36.4 Å². The van der Waals surface area contributed by atoms with Crippen molar-refractivity contribution in [3.63, 3.8) is 0 Å². The molecule has 0 saturated carbocycles. The number of nitrogens with one attached hydrogen (secondary N) is 2. The minimum atomic E-state index is 0.782. The molecule has 2 aliphatic rings. The molecule has 1 aromatic carbocycles. The number of rotatable bonds is 5. The molecule has 0 radical (unpaired) electrons. The van der Waals surface area contributed by atoms with Crippen molar-refractivity contribution in [2.45, 2.75) is 38.1 Å². The average molecular weight is 442 g/mol. The van der Waals surface area contributed by atoms with Crippen LogP contribution < -0.4 is 10.2 Å². The van der Waals surface area contributed by atoms with Gasteiger partial charge in [-0.1, -0.05) is 6.42 Å². The predicted molar refractivity (Wildman–Crippen MR) is 133 cm³/mol. The number of hydrogen-bond donors (Lipinski definition) is 2. The number of imidazole rings is 1. The highest BCUT2D eigenvalue weighted by molar-refractivity contribution is 5.78. The van der Waals surface area contributed by atoms with Crippen LogP contribution in [0.3, 0.4) is 0 Å². The number of H-pyrrole nitrogens is 1. The number of aromatic amines is 1. The van der Waals surface area contributed by atoms with Gasteiger partial charge in [0, 0.05) is 54.7 Å². The zero-order chi connectivity index (χ0) is 22.0. The van der Waals surface area contributed by atoms with E-state index in [9.17, 15) is 0 Å². The molecule has 6 rings (SSSR count). The van der Waals surface area contributed by atoms with Crippen LogP contribution >= 0.6 is 0 Å². The summed E-state index contributed by atoms with van der Waals surface area (Å²) in [6.07, 6.45) is 14.3. The van der Waals surface area contributed by atoms with E-state index in [1.165, 1.54) is 50.9 Å².